The third-order valence-electron chi connectivity index (χ3n) is 3.82. The summed E-state index contributed by atoms with van der Waals surface area (Å²) in [6.07, 6.45) is -8.56. The summed E-state index contributed by atoms with van der Waals surface area (Å²) in [6, 6.07) is -1.20. The summed E-state index contributed by atoms with van der Waals surface area (Å²) in [6.45, 7) is 2.72. The number of rotatable bonds is 6. The SMILES string of the molecule is CCC(C)[C@H](NC(=O)OC1O[C@H](CO)[C@@H](O)[C@H](O)[C@H]1O)C(=O)O. The lowest BCUT2D eigenvalue weighted by Gasteiger charge is -2.39. The number of carbonyl (C=O) groups excluding carboxylic acids is 1. The molecule has 0 spiro atoms. The summed E-state index contributed by atoms with van der Waals surface area (Å²) in [5.41, 5.74) is 0. The zero-order valence-corrected chi connectivity index (χ0v) is 12.8. The van der Waals surface area contributed by atoms with Gasteiger partial charge in [0.15, 0.2) is 0 Å². The minimum Gasteiger partial charge on any atom is -0.480 e. The minimum atomic E-state index is -1.74. The predicted molar refractivity (Wildman–Crippen MR) is 74.3 cm³/mol. The number of carboxylic acids is 1. The van der Waals surface area contributed by atoms with E-state index in [1.807, 2.05) is 0 Å². The van der Waals surface area contributed by atoms with E-state index >= 15 is 0 Å². The Bertz CT molecular complexity index is 416. The van der Waals surface area contributed by atoms with Gasteiger partial charge in [0.05, 0.1) is 6.61 Å². The molecule has 6 N–H and O–H groups in total. The van der Waals surface area contributed by atoms with E-state index in [0.29, 0.717) is 6.42 Å². The molecule has 23 heavy (non-hydrogen) atoms. The molecule has 0 aliphatic carbocycles. The monoisotopic (exact) mass is 337 g/mol. The number of nitrogens with one attached hydrogen (secondary N) is 1. The zero-order valence-electron chi connectivity index (χ0n) is 12.8. The first-order valence-electron chi connectivity index (χ1n) is 7.23. The Morgan fingerprint density at radius 2 is 1.83 bits per heavy atom. The zero-order chi connectivity index (χ0) is 17.7. The molecule has 1 heterocycles. The van der Waals surface area contributed by atoms with Crippen LogP contribution in [0.5, 0.6) is 0 Å². The second kappa shape index (κ2) is 8.41. The highest BCUT2D eigenvalue weighted by Crippen LogP contribution is 2.22. The van der Waals surface area contributed by atoms with Crippen LogP contribution in [0.25, 0.3) is 0 Å². The van der Waals surface area contributed by atoms with E-state index in [1.54, 1.807) is 13.8 Å². The number of carboxylic acid groups (broad SMARTS) is 1. The highest BCUT2D eigenvalue weighted by molar-refractivity contribution is 5.80. The lowest BCUT2D eigenvalue weighted by Crippen LogP contribution is -2.60. The molecule has 10 nitrogen and oxygen atoms in total. The molecule has 0 radical (unpaired) electrons. The molecule has 7 atom stereocenters. The van der Waals surface area contributed by atoms with E-state index < -0.39 is 55.4 Å². The van der Waals surface area contributed by atoms with Crippen LogP contribution in [-0.4, -0.2) is 80.9 Å². The summed E-state index contributed by atoms with van der Waals surface area (Å²) >= 11 is 0. The average Bonchev–Trinajstić information content (AvgIpc) is 2.52. The van der Waals surface area contributed by atoms with Crippen molar-refractivity contribution in [1.29, 1.82) is 0 Å². The minimum absolute atomic E-state index is 0.366. The van der Waals surface area contributed by atoms with Crippen molar-refractivity contribution in [2.24, 2.45) is 5.92 Å². The lowest BCUT2D eigenvalue weighted by atomic mass is 9.99. The van der Waals surface area contributed by atoms with E-state index in [4.69, 9.17) is 19.7 Å². The van der Waals surface area contributed by atoms with E-state index in [-0.39, 0.29) is 5.92 Å². The normalized spacial score (nSPS) is 33.6. The molecule has 1 amide bonds. The maximum Gasteiger partial charge on any atom is 0.410 e. The Kier molecular flexibility index (Phi) is 7.16. The van der Waals surface area contributed by atoms with Crippen LogP contribution in [0.4, 0.5) is 4.79 Å². The fourth-order valence-corrected chi connectivity index (χ4v) is 2.11. The van der Waals surface area contributed by atoms with Crippen LogP contribution in [0.15, 0.2) is 0 Å². The van der Waals surface area contributed by atoms with Crippen molar-refractivity contribution >= 4 is 12.1 Å². The summed E-state index contributed by atoms with van der Waals surface area (Å²) in [5.74, 6) is -1.61. The van der Waals surface area contributed by atoms with Gasteiger partial charge in [-0.25, -0.2) is 9.59 Å². The van der Waals surface area contributed by atoms with E-state index in [9.17, 15) is 24.9 Å². The molecule has 0 bridgehead atoms. The van der Waals surface area contributed by atoms with Gasteiger partial charge in [0.1, 0.15) is 30.5 Å². The van der Waals surface area contributed by atoms with Gasteiger partial charge >= 0.3 is 12.1 Å². The molecular weight excluding hydrogens is 314 g/mol. The van der Waals surface area contributed by atoms with E-state index in [0.717, 1.165) is 0 Å². The molecule has 1 rings (SSSR count). The van der Waals surface area contributed by atoms with Crippen molar-refractivity contribution < 1.29 is 44.6 Å². The second-order valence-electron chi connectivity index (χ2n) is 5.45. The van der Waals surface area contributed by atoms with E-state index in [1.165, 1.54) is 0 Å². The molecular formula is C13H23NO9. The van der Waals surface area contributed by atoms with Gasteiger partial charge in [-0.3, -0.25) is 0 Å². The fourth-order valence-electron chi connectivity index (χ4n) is 2.11. The summed E-state index contributed by atoms with van der Waals surface area (Å²) in [4.78, 5) is 22.9. The quantitative estimate of drug-likeness (QED) is 0.322. The molecule has 1 saturated heterocycles. The van der Waals surface area contributed by atoms with Gasteiger partial charge in [0.2, 0.25) is 6.29 Å². The van der Waals surface area contributed by atoms with Crippen LogP contribution in [0.1, 0.15) is 20.3 Å². The fraction of sp³-hybridized carbons (Fsp3) is 0.846. The first-order valence-corrected chi connectivity index (χ1v) is 7.23. The van der Waals surface area contributed by atoms with Crippen LogP contribution in [0.3, 0.4) is 0 Å². The Morgan fingerprint density at radius 3 is 2.30 bits per heavy atom. The standard InChI is InChI=1S/C13H23NO9/c1-3-5(2)7(11(19)20)14-13(21)23-12-10(18)9(17)8(16)6(4-15)22-12/h5-10,12,15-18H,3-4H2,1-2H3,(H,14,21)(H,19,20)/t5?,6-,7+,8-,9+,10-,12?/m1/s1. The number of hydrogen-bond donors (Lipinski definition) is 6. The number of aliphatic hydroxyl groups excluding tert-OH is 4. The van der Waals surface area contributed by atoms with Gasteiger partial charge in [-0.2, -0.15) is 0 Å². The molecule has 2 unspecified atom stereocenters. The topological polar surface area (TPSA) is 166 Å². The van der Waals surface area contributed by atoms with Gasteiger partial charge in [-0.1, -0.05) is 20.3 Å². The first kappa shape index (κ1) is 19.6. The maximum atomic E-state index is 11.8. The largest absolute Gasteiger partial charge is 0.480 e. The Labute approximate surface area is 132 Å². The van der Waals surface area contributed by atoms with Gasteiger partial charge in [0, 0.05) is 0 Å². The Hall–Kier alpha value is -1.46. The van der Waals surface area contributed by atoms with Crippen molar-refractivity contribution in [3.63, 3.8) is 0 Å². The van der Waals surface area contributed by atoms with Gasteiger partial charge in [0.25, 0.3) is 0 Å². The molecule has 134 valence electrons. The van der Waals surface area contributed by atoms with Gasteiger partial charge in [-0.15, -0.1) is 0 Å². The average molecular weight is 337 g/mol. The Balaban J connectivity index is 2.70. The van der Waals surface area contributed by atoms with Crippen molar-refractivity contribution in [1.82, 2.24) is 5.32 Å². The number of aliphatic carboxylic acids is 1. The predicted octanol–water partition coefficient (Wildman–Crippen LogP) is -1.99. The van der Waals surface area contributed by atoms with E-state index in [2.05, 4.69) is 5.32 Å². The van der Waals surface area contributed by atoms with Crippen LogP contribution in [-0.2, 0) is 14.3 Å². The van der Waals surface area contributed by atoms with Crippen LogP contribution >= 0.6 is 0 Å². The van der Waals surface area contributed by atoms with Gasteiger partial charge in [-0.05, 0) is 5.92 Å². The highest BCUT2D eigenvalue weighted by Gasteiger charge is 2.45. The highest BCUT2D eigenvalue weighted by atomic mass is 16.7. The van der Waals surface area contributed by atoms with Crippen LogP contribution in [0.2, 0.25) is 0 Å². The van der Waals surface area contributed by atoms with Crippen molar-refractivity contribution in [2.45, 2.75) is 57.0 Å². The summed E-state index contributed by atoms with van der Waals surface area (Å²) in [7, 11) is 0. The third kappa shape index (κ3) is 4.75. The van der Waals surface area contributed by atoms with Crippen molar-refractivity contribution in [3.05, 3.63) is 0 Å². The number of alkyl carbamates (subject to hydrolysis) is 1. The molecule has 0 aromatic rings. The molecule has 0 saturated carbocycles. The number of carbonyl (C=O) groups is 2. The molecule has 10 heteroatoms. The molecule has 0 aromatic carbocycles. The van der Waals surface area contributed by atoms with Crippen LogP contribution in [0, 0.1) is 5.92 Å². The summed E-state index contributed by atoms with van der Waals surface area (Å²) in [5, 5.41) is 49.2. The smallest absolute Gasteiger partial charge is 0.410 e. The number of ether oxygens (including phenoxy) is 2. The van der Waals surface area contributed by atoms with Crippen molar-refractivity contribution in [2.75, 3.05) is 6.61 Å². The number of hydrogen-bond acceptors (Lipinski definition) is 8. The maximum absolute atomic E-state index is 11.8. The number of amides is 1. The first-order chi connectivity index (χ1) is 10.7. The molecule has 1 aliphatic rings. The molecule has 0 aromatic heterocycles. The lowest BCUT2D eigenvalue weighted by molar-refractivity contribution is -0.285. The summed E-state index contributed by atoms with van der Waals surface area (Å²) < 4.78 is 9.75. The third-order valence-corrected chi connectivity index (χ3v) is 3.82. The Morgan fingerprint density at radius 1 is 1.22 bits per heavy atom. The molecule has 1 fully saturated rings. The van der Waals surface area contributed by atoms with Crippen LogP contribution < -0.4 is 5.32 Å². The molecule has 1 aliphatic heterocycles. The second-order valence-corrected chi connectivity index (χ2v) is 5.45. The number of aliphatic hydroxyl groups is 4. The van der Waals surface area contributed by atoms with Gasteiger partial charge < -0.3 is 40.3 Å². The van der Waals surface area contributed by atoms with Crippen molar-refractivity contribution in [3.8, 4) is 0 Å².